The topological polar surface area (TPSA) is 59.4 Å². The summed E-state index contributed by atoms with van der Waals surface area (Å²) in [7, 11) is 0. The van der Waals surface area contributed by atoms with Crippen LogP contribution in [0.3, 0.4) is 0 Å². The van der Waals surface area contributed by atoms with Crippen molar-refractivity contribution in [2.24, 2.45) is 5.92 Å². The van der Waals surface area contributed by atoms with Crippen LogP contribution in [0.1, 0.15) is 97.6 Å². The van der Waals surface area contributed by atoms with E-state index in [4.69, 9.17) is 9.72 Å². The van der Waals surface area contributed by atoms with E-state index in [1.165, 1.54) is 22.3 Å². The fourth-order valence-electron chi connectivity index (χ4n) is 6.26. The van der Waals surface area contributed by atoms with E-state index in [1.54, 1.807) is 12.1 Å². The van der Waals surface area contributed by atoms with Crippen LogP contribution < -0.4 is 0 Å². The highest BCUT2D eigenvalue weighted by Gasteiger charge is 2.25. The fourth-order valence-corrected chi connectivity index (χ4v) is 6.26. The highest BCUT2D eigenvalue weighted by molar-refractivity contribution is 5.89. The van der Waals surface area contributed by atoms with Gasteiger partial charge in [-0.2, -0.15) is 0 Å². The lowest BCUT2D eigenvalue weighted by Crippen LogP contribution is -2.10. The normalized spacial score (nSPS) is 18.0. The van der Waals surface area contributed by atoms with E-state index in [-0.39, 0.29) is 0 Å². The average Bonchev–Trinajstić information content (AvgIpc) is 3.15. The Bertz CT molecular complexity index is 1480. The van der Waals surface area contributed by atoms with Crippen LogP contribution in [0.5, 0.6) is 0 Å². The summed E-state index contributed by atoms with van der Waals surface area (Å²) in [6, 6.07) is 20.4. The van der Waals surface area contributed by atoms with Gasteiger partial charge in [-0.15, -0.1) is 0 Å². The van der Waals surface area contributed by atoms with Crippen molar-refractivity contribution in [1.82, 2.24) is 4.98 Å². The van der Waals surface area contributed by atoms with Crippen LogP contribution >= 0.6 is 0 Å². The van der Waals surface area contributed by atoms with Crippen LogP contribution in [-0.4, -0.2) is 22.7 Å². The predicted octanol–water partition coefficient (Wildman–Crippen LogP) is 8.85. The first kappa shape index (κ1) is 27.6. The van der Waals surface area contributed by atoms with E-state index in [2.05, 4.69) is 70.2 Å². The average molecular weight is 534 g/mol. The Morgan fingerprint density at radius 3 is 2.48 bits per heavy atom. The zero-order valence-corrected chi connectivity index (χ0v) is 24.0. The number of hydrogen-bond acceptors (Lipinski definition) is 3. The molecule has 1 aromatic heterocycles. The minimum absolute atomic E-state index is 0.293. The summed E-state index contributed by atoms with van der Waals surface area (Å²) in [5, 5.41) is 9.45. The highest BCUT2D eigenvalue weighted by atomic mass is 16.5. The van der Waals surface area contributed by atoms with Crippen molar-refractivity contribution in [3.8, 4) is 0 Å². The van der Waals surface area contributed by atoms with Crippen LogP contribution in [0.15, 0.2) is 89.8 Å². The van der Waals surface area contributed by atoms with Gasteiger partial charge in [0, 0.05) is 22.9 Å². The smallest absolute Gasteiger partial charge is 0.335 e. The van der Waals surface area contributed by atoms with Crippen LogP contribution in [0.4, 0.5) is 0 Å². The van der Waals surface area contributed by atoms with E-state index >= 15 is 0 Å². The summed E-state index contributed by atoms with van der Waals surface area (Å²) in [5.74, 6) is 0.903. The number of allylic oxidation sites excluding steroid dienone is 4. The van der Waals surface area contributed by atoms with E-state index in [1.807, 2.05) is 18.3 Å². The number of aryl methyl sites for hydroxylation is 1. The summed E-state index contributed by atoms with van der Waals surface area (Å²) < 4.78 is 6.06. The van der Waals surface area contributed by atoms with Gasteiger partial charge in [-0.05, 0) is 104 Å². The number of nitrogens with zero attached hydrogens (tertiary/aromatic N) is 1. The summed E-state index contributed by atoms with van der Waals surface area (Å²) in [6.45, 7) is 9.37. The minimum atomic E-state index is -0.913. The van der Waals surface area contributed by atoms with Gasteiger partial charge < -0.3 is 9.84 Å². The Balaban J connectivity index is 1.56. The van der Waals surface area contributed by atoms with E-state index in [0.29, 0.717) is 24.0 Å². The second-order valence-electron chi connectivity index (χ2n) is 11.0. The zero-order valence-electron chi connectivity index (χ0n) is 24.0. The molecule has 2 aromatic carbocycles. The maximum atomic E-state index is 11.5. The predicted molar refractivity (Wildman–Crippen MR) is 162 cm³/mol. The van der Waals surface area contributed by atoms with E-state index in [0.717, 1.165) is 65.8 Å². The third-order valence-corrected chi connectivity index (χ3v) is 8.64. The fraction of sp³-hybridized carbons (Fsp3) is 0.333. The van der Waals surface area contributed by atoms with Crippen molar-refractivity contribution >= 4 is 17.1 Å². The molecule has 0 saturated heterocycles. The maximum Gasteiger partial charge on any atom is 0.335 e. The zero-order chi connectivity index (χ0) is 28.2. The van der Waals surface area contributed by atoms with Gasteiger partial charge in [0.2, 0.25) is 0 Å². The number of fused-ring (bicyclic) bond motifs is 1. The van der Waals surface area contributed by atoms with Crippen molar-refractivity contribution in [3.63, 3.8) is 0 Å². The number of hydrogen-bond donors (Lipinski definition) is 1. The number of benzene rings is 2. The number of carboxylic acids is 1. The number of carbonyl (C=O) groups is 1. The van der Waals surface area contributed by atoms with Crippen molar-refractivity contribution in [2.45, 2.75) is 65.7 Å². The third-order valence-electron chi connectivity index (χ3n) is 8.64. The third kappa shape index (κ3) is 5.67. The van der Waals surface area contributed by atoms with Crippen LogP contribution in [0, 0.1) is 5.92 Å². The molecule has 1 aliphatic carbocycles. The Labute approximate surface area is 238 Å². The summed E-state index contributed by atoms with van der Waals surface area (Å²) in [4.78, 5) is 16.6. The number of carboxylic acid groups (broad SMARTS) is 1. The maximum absolute atomic E-state index is 11.5. The molecule has 2 atom stereocenters. The van der Waals surface area contributed by atoms with Gasteiger partial charge >= 0.3 is 5.97 Å². The van der Waals surface area contributed by atoms with E-state index < -0.39 is 5.97 Å². The molecule has 2 heterocycles. The van der Waals surface area contributed by atoms with Gasteiger partial charge in [-0.3, -0.25) is 4.98 Å². The van der Waals surface area contributed by atoms with Crippen LogP contribution in [0.2, 0.25) is 0 Å². The lowest BCUT2D eigenvalue weighted by atomic mass is 9.84. The molecule has 0 spiro atoms. The standard InChI is InChI=1S/C36H39NO3/c1-5-26(28-10-8-7-9-11-28)18-25-12-13-31-20-32(34-23(3)27(6-2)22-40-24(34)4)21-37-35(31)33(19-25)29-14-16-30(17-15-29)36(38)39/h7-11,14-17,19-21,25-26H,5-6,12-13,18,22H2,1-4H3,(H,38,39). The Kier molecular flexibility index (Phi) is 8.35. The molecule has 4 nitrogen and oxygen atoms in total. The number of aromatic nitrogens is 1. The van der Waals surface area contributed by atoms with Crippen molar-refractivity contribution in [3.05, 3.63) is 123 Å². The van der Waals surface area contributed by atoms with Crippen LogP contribution in [0.25, 0.3) is 11.1 Å². The van der Waals surface area contributed by atoms with Gasteiger partial charge in [0.15, 0.2) is 0 Å². The molecule has 1 aliphatic heterocycles. The van der Waals surface area contributed by atoms with Gasteiger partial charge in [-0.25, -0.2) is 4.79 Å². The molecule has 0 amide bonds. The Morgan fingerprint density at radius 2 is 1.80 bits per heavy atom. The molecule has 4 heteroatoms. The summed E-state index contributed by atoms with van der Waals surface area (Å²) in [5.41, 5.74) is 10.9. The summed E-state index contributed by atoms with van der Waals surface area (Å²) >= 11 is 0. The Hall–Kier alpha value is -3.92. The monoisotopic (exact) mass is 533 g/mol. The molecule has 2 unspecified atom stereocenters. The quantitative estimate of drug-likeness (QED) is 0.314. The van der Waals surface area contributed by atoms with Crippen molar-refractivity contribution in [2.75, 3.05) is 6.61 Å². The van der Waals surface area contributed by atoms with E-state index in [9.17, 15) is 9.90 Å². The lowest BCUT2D eigenvalue weighted by molar-refractivity contribution is 0.0697. The second-order valence-corrected chi connectivity index (χ2v) is 11.0. The SMILES string of the molecule is CCC1=C(C)C(c2cnc3c(c2)CCC(CC(CC)c2ccccc2)C=C3c2ccc(C(=O)O)cc2)=C(C)OC1. The number of ether oxygens (including phenoxy) is 1. The highest BCUT2D eigenvalue weighted by Crippen LogP contribution is 2.39. The minimum Gasteiger partial charge on any atom is -0.493 e. The lowest BCUT2D eigenvalue weighted by Gasteiger charge is -2.24. The first-order valence-corrected chi connectivity index (χ1v) is 14.5. The molecule has 1 N–H and O–H groups in total. The molecule has 0 radical (unpaired) electrons. The molecule has 5 rings (SSSR count). The molecular formula is C36H39NO3. The molecule has 2 aliphatic rings. The molecule has 206 valence electrons. The molecular weight excluding hydrogens is 494 g/mol. The molecule has 0 bridgehead atoms. The largest absolute Gasteiger partial charge is 0.493 e. The van der Waals surface area contributed by atoms with Gasteiger partial charge in [0.25, 0.3) is 0 Å². The van der Waals surface area contributed by atoms with Crippen molar-refractivity contribution < 1.29 is 14.6 Å². The first-order chi connectivity index (χ1) is 19.4. The number of pyridine rings is 1. The number of rotatable bonds is 8. The summed E-state index contributed by atoms with van der Waals surface area (Å²) in [6.07, 6.45) is 9.50. The molecule has 3 aromatic rings. The van der Waals surface area contributed by atoms with Gasteiger partial charge in [0.05, 0.1) is 11.3 Å². The molecule has 0 saturated carbocycles. The number of aromatic carboxylic acids is 1. The molecule has 0 fully saturated rings. The molecule has 40 heavy (non-hydrogen) atoms. The van der Waals surface area contributed by atoms with Gasteiger partial charge in [-0.1, -0.05) is 62.4 Å². The first-order valence-electron chi connectivity index (χ1n) is 14.5. The van der Waals surface area contributed by atoms with Gasteiger partial charge in [0.1, 0.15) is 12.4 Å². The second kappa shape index (κ2) is 12.1. The van der Waals surface area contributed by atoms with Crippen LogP contribution in [-0.2, 0) is 11.2 Å². The van der Waals surface area contributed by atoms with Crippen molar-refractivity contribution in [1.29, 1.82) is 0 Å². The Morgan fingerprint density at radius 1 is 1.05 bits per heavy atom.